The summed E-state index contributed by atoms with van der Waals surface area (Å²) in [4.78, 5) is 39.7. The van der Waals surface area contributed by atoms with Gasteiger partial charge in [-0.3, -0.25) is 14.4 Å². The Kier molecular flexibility index (Phi) is 5.37. The molecular formula is C27H22N2O5. The van der Waals surface area contributed by atoms with Crippen molar-refractivity contribution in [3.8, 4) is 5.75 Å². The summed E-state index contributed by atoms with van der Waals surface area (Å²) in [6.07, 6.45) is 0. The van der Waals surface area contributed by atoms with Crippen molar-refractivity contribution in [2.45, 2.75) is 19.5 Å². The summed E-state index contributed by atoms with van der Waals surface area (Å²) >= 11 is 0. The SMILES string of the molecule is Cc1ccc(CN2C(=O)c3oc4ccccc4c(=O)c3C2c2ccc(OCC(N)=O)cc2)cc1. The highest BCUT2D eigenvalue weighted by Gasteiger charge is 2.42. The number of benzene rings is 3. The van der Waals surface area contributed by atoms with Gasteiger partial charge in [-0.1, -0.05) is 54.1 Å². The first-order chi connectivity index (χ1) is 16.4. The second-order valence-corrected chi connectivity index (χ2v) is 8.32. The first-order valence-corrected chi connectivity index (χ1v) is 10.9. The van der Waals surface area contributed by atoms with Crippen molar-refractivity contribution < 1.29 is 18.7 Å². The normalized spacial score (nSPS) is 14.9. The minimum Gasteiger partial charge on any atom is -0.484 e. The lowest BCUT2D eigenvalue weighted by molar-refractivity contribution is -0.119. The summed E-state index contributed by atoms with van der Waals surface area (Å²) in [5.74, 6) is -0.386. The number of fused-ring (bicyclic) bond motifs is 2. The van der Waals surface area contributed by atoms with Gasteiger partial charge in [-0.2, -0.15) is 0 Å². The van der Waals surface area contributed by atoms with Crippen molar-refractivity contribution in [2.24, 2.45) is 5.73 Å². The fourth-order valence-corrected chi connectivity index (χ4v) is 4.27. The Labute approximate surface area is 195 Å². The molecule has 0 saturated carbocycles. The van der Waals surface area contributed by atoms with Crippen LogP contribution in [0.1, 0.15) is 38.9 Å². The molecule has 0 bridgehead atoms. The third-order valence-electron chi connectivity index (χ3n) is 5.92. The molecule has 1 unspecified atom stereocenters. The van der Waals surface area contributed by atoms with Gasteiger partial charge in [0.15, 0.2) is 12.0 Å². The number of nitrogens with zero attached hydrogens (tertiary/aromatic N) is 1. The third-order valence-corrected chi connectivity index (χ3v) is 5.92. The van der Waals surface area contributed by atoms with Crippen LogP contribution in [0.3, 0.4) is 0 Å². The molecule has 0 radical (unpaired) electrons. The zero-order chi connectivity index (χ0) is 23.8. The van der Waals surface area contributed by atoms with E-state index in [1.807, 2.05) is 31.2 Å². The smallest absolute Gasteiger partial charge is 0.291 e. The maximum Gasteiger partial charge on any atom is 0.291 e. The number of ether oxygens (including phenoxy) is 1. The van der Waals surface area contributed by atoms with Crippen molar-refractivity contribution in [3.63, 3.8) is 0 Å². The Morgan fingerprint density at radius 3 is 2.41 bits per heavy atom. The van der Waals surface area contributed by atoms with Crippen LogP contribution in [0.4, 0.5) is 0 Å². The average Bonchev–Trinajstić information content (AvgIpc) is 3.11. The number of carbonyl (C=O) groups excluding carboxylic acids is 2. The largest absolute Gasteiger partial charge is 0.484 e. The monoisotopic (exact) mass is 454 g/mol. The topological polar surface area (TPSA) is 103 Å². The molecule has 7 heteroatoms. The van der Waals surface area contributed by atoms with Crippen LogP contribution in [0.15, 0.2) is 82.0 Å². The van der Waals surface area contributed by atoms with Crippen molar-refractivity contribution in [1.29, 1.82) is 0 Å². The summed E-state index contributed by atoms with van der Waals surface area (Å²) in [5, 5.41) is 0.428. The fourth-order valence-electron chi connectivity index (χ4n) is 4.27. The van der Waals surface area contributed by atoms with E-state index in [1.165, 1.54) is 0 Å². The van der Waals surface area contributed by atoms with E-state index in [0.717, 1.165) is 16.7 Å². The Hall–Kier alpha value is -4.39. The summed E-state index contributed by atoms with van der Waals surface area (Å²) in [6.45, 7) is 2.07. The number of primary amides is 1. The van der Waals surface area contributed by atoms with Gasteiger partial charge in [-0.15, -0.1) is 0 Å². The predicted molar refractivity (Wildman–Crippen MR) is 127 cm³/mol. The van der Waals surface area contributed by atoms with Gasteiger partial charge in [0.05, 0.1) is 17.0 Å². The maximum absolute atomic E-state index is 13.5. The average molecular weight is 454 g/mol. The summed E-state index contributed by atoms with van der Waals surface area (Å²) in [6, 6.07) is 21.1. The molecule has 2 amide bonds. The van der Waals surface area contributed by atoms with Crippen LogP contribution in [-0.2, 0) is 11.3 Å². The van der Waals surface area contributed by atoms with Gasteiger partial charge in [0, 0.05) is 6.54 Å². The Balaban J connectivity index is 1.61. The van der Waals surface area contributed by atoms with Crippen LogP contribution in [0.25, 0.3) is 11.0 Å². The second kappa shape index (κ2) is 8.51. The third kappa shape index (κ3) is 3.81. The number of carbonyl (C=O) groups is 2. The van der Waals surface area contributed by atoms with Crippen LogP contribution in [0.5, 0.6) is 5.75 Å². The van der Waals surface area contributed by atoms with Gasteiger partial charge in [0.2, 0.25) is 5.76 Å². The van der Waals surface area contributed by atoms with Crippen LogP contribution >= 0.6 is 0 Å². The highest BCUT2D eigenvalue weighted by atomic mass is 16.5. The lowest BCUT2D eigenvalue weighted by atomic mass is 9.98. The minimum atomic E-state index is -0.630. The number of aryl methyl sites for hydroxylation is 1. The van der Waals surface area contributed by atoms with Crippen LogP contribution in [-0.4, -0.2) is 23.3 Å². The molecule has 0 saturated heterocycles. The first kappa shape index (κ1) is 21.5. The van der Waals surface area contributed by atoms with Gasteiger partial charge in [0.1, 0.15) is 11.3 Å². The summed E-state index contributed by atoms with van der Waals surface area (Å²) < 4.78 is 11.3. The van der Waals surface area contributed by atoms with Gasteiger partial charge in [-0.05, 0) is 42.3 Å². The highest BCUT2D eigenvalue weighted by molar-refractivity contribution is 5.99. The van der Waals surface area contributed by atoms with E-state index in [4.69, 9.17) is 14.9 Å². The molecule has 7 nitrogen and oxygen atoms in total. The zero-order valence-corrected chi connectivity index (χ0v) is 18.5. The van der Waals surface area contributed by atoms with Gasteiger partial charge < -0.3 is 19.8 Å². The number of amides is 2. The van der Waals surface area contributed by atoms with Gasteiger partial charge in [-0.25, -0.2) is 0 Å². The van der Waals surface area contributed by atoms with Crippen molar-refractivity contribution in [2.75, 3.05) is 6.61 Å². The molecule has 1 atom stereocenters. The Morgan fingerprint density at radius 1 is 1.00 bits per heavy atom. The molecule has 4 aromatic rings. The fraction of sp³-hybridized carbons (Fsp3) is 0.148. The van der Waals surface area contributed by atoms with E-state index in [1.54, 1.807) is 53.4 Å². The maximum atomic E-state index is 13.5. The standard InChI is InChI=1S/C27H22N2O5/c1-16-6-8-17(9-7-16)14-29-24(18-10-12-19(13-11-18)33-15-22(28)30)23-25(31)20-4-2-3-5-21(20)34-26(23)27(29)32/h2-13,24H,14-15H2,1H3,(H2,28,30). The van der Waals surface area contributed by atoms with E-state index < -0.39 is 11.9 Å². The number of rotatable bonds is 6. The summed E-state index contributed by atoms with van der Waals surface area (Å²) in [5.41, 5.74) is 8.41. The quantitative estimate of drug-likeness (QED) is 0.478. The molecule has 2 heterocycles. The van der Waals surface area contributed by atoms with E-state index in [9.17, 15) is 14.4 Å². The van der Waals surface area contributed by atoms with E-state index in [2.05, 4.69) is 0 Å². The highest BCUT2D eigenvalue weighted by Crippen LogP contribution is 2.39. The molecule has 1 aromatic heterocycles. The Bertz CT molecular complexity index is 1460. The molecule has 5 rings (SSSR count). The van der Waals surface area contributed by atoms with Crippen LogP contribution < -0.4 is 15.9 Å². The van der Waals surface area contributed by atoms with E-state index in [0.29, 0.717) is 28.8 Å². The zero-order valence-electron chi connectivity index (χ0n) is 18.5. The molecule has 1 aliphatic heterocycles. The van der Waals surface area contributed by atoms with Crippen molar-refractivity contribution >= 4 is 22.8 Å². The van der Waals surface area contributed by atoms with Crippen molar-refractivity contribution in [1.82, 2.24) is 4.90 Å². The molecule has 0 fully saturated rings. The number of nitrogens with two attached hydrogens (primary N) is 1. The van der Waals surface area contributed by atoms with Crippen LogP contribution in [0.2, 0.25) is 0 Å². The predicted octanol–water partition coefficient (Wildman–Crippen LogP) is 3.71. The molecule has 0 aliphatic carbocycles. The van der Waals surface area contributed by atoms with Gasteiger partial charge >= 0.3 is 0 Å². The lowest BCUT2D eigenvalue weighted by Crippen LogP contribution is -2.29. The van der Waals surface area contributed by atoms with E-state index >= 15 is 0 Å². The lowest BCUT2D eigenvalue weighted by Gasteiger charge is -2.25. The molecule has 170 valence electrons. The van der Waals surface area contributed by atoms with E-state index in [-0.39, 0.29) is 23.7 Å². The molecule has 3 aromatic carbocycles. The molecule has 2 N–H and O–H groups in total. The number of para-hydroxylation sites is 1. The molecule has 34 heavy (non-hydrogen) atoms. The van der Waals surface area contributed by atoms with Gasteiger partial charge in [0.25, 0.3) is 11.8 Å². The second-order valence-electron chi connectivity index (χ2n) is 8.32. The minimum absolute atomic E-state index is 0.0647. The van der Waals surface area contributed by atoms with Crippen molar-refractivity contribution in [3.05, 3.63) is 111 Å². The summed E-state index contributed by atoms with van der Waals surface area (Å²) in [7, 11) is 0. The molecular weight excluding hydrogens is 432 g/mol. The molecule has 1 aliphatic rings. The first-order valence-electron chi connectivity index (χ1n) is 10.9. The van der Waals surface area contributed by atoms with Crippen LogP contribution in [0, 0.1) is 6.92 Å². The number of hydrogen-bond acceptors (Lipinski definition) is 5. The Morgan fingerprint density at radius 2 is 1.71 bits per heavy atom. The molecule has 0 spiro atoms. The number of hydrogen-bond donors (Lipinski definition) is 1.